The Kier molecular flexibility index (Phi) is 3.11. The van der Waals surface area contributed by atoms with Crippen molar-refractivity contribution in [3.05, 3.63) is 0 Å². The molecule has 1 amide bonds. The SMILES string of the molecule is CNC(=O)[C@@H]1C[C@H]2CN(S(=O)(=O)C3CC3)C[C@H]2N1C. The standard InChI is InChI=1S/C12H21N3O3S/c1-13-12(16)10-5-8-6-15(7-11(8)14(10)2)19(17,18)9-3-4-9/h8-11H,3-7H2,1-2H3,(H,13,16)/t8-,10-,11+/m0/s1. The van der Waals surface area contributed by atoms with Gasteiger partial charge < -0.3 is 5.32 Å². The first-order valence-electron chi connectivity index (χ1n) is 6.87. The Labute approximate surface area is 114 Å². The summed E-state index contributed by atoms with van der Waals surface area (Å²) in [5.74, 6) is 0.328. The lowest BCUT2D eigenvalue weighted by atomic mass is 10.0. The Bertz CT molecular complexity index is 488. The van der Waals surface area contributed by atoms with Crippen molar-refractivity contribution in [2.24, 2.45) is 5.92 Å². The molecule has 0 spiro atoms. The number of rotatable bonds is 3. The zero-order valence-electron chi connectivity index (χ0n) is 11.4. The van der Waals surface area contributed by atoms with Gasteiger partial charge >= 0.3 is 0 Å². The van der Waals surface area contributed by atoms with Gasteiger partial charge in [-0.1, -0.05) is 0 Å². The summed E-state index contributed by atoms with van der Waals surface area (Å²) in [6, 6.07) is 0.0848. The van der Waals surface area contributed by atoms with Crippen LogP contribution in [0.4, 0.5) is 0 Å². The van der Waals surface area contributed by atoms with Crippen LogP contribution in [-0.2, 0) is 14.8 Å². The van der Waals surface area contributed by atoms with Gasteiger partial charge in [0.1, 0.15) is 0 Å². The number of nitrogens with zero attached hydrogens (tertiary/aromatic N) is 2. The molecule has 0 bridgehead atoms. The maximum absolute atomic E-state index is 12.2. The topological polar surface area (TPSA) is 69.7 Å². The Hall–Kier alpha value is -0.660. The number of likely N-dealkylation sites (N-methyl/N-ethyl adjacent to an activating group) is 2. The summed E-state index contributed by atoms with van der Waals surface area (Å²) in [7, 11) is 0.507. The first-order valence-corrected chi connectivity index (χ1v) is 8.38. The van der Waals surface area contributed by atoms with E-state index in [4.69, 9.17) is 0 Å². The van der Waals surface area contributed by atoms with Crippen molar-refractivity contribution < 1.29 is 13.2 Å². The third kappa shape index (κ3) is 2.08. The van der Waals surface area contributed by atoms with E-state index >= 15 is 0 Å². The lowest BCUT2D eigenvalue weighted by Gasteiger charge is -2.25. The number of carbonyl (C=O) groups excluding carboxylic acids is 1. The summed E-state index contributed by atoms with van der Waals surface area (Å²) in [5, 5.41) is 2.55. The van der Waals surface area contributed by atoms with Gasteiger partial charge in [0.25, 0.3) is 0 Å². The first kappa shape index (κ1) is 13.3. The van der Waals surface area contributed by atoms with Crippen molar-refractivity contribution >= 4 is 15.9 Å². The highest BCUT2D eigenvalue weighted by Gasteiger charge is 2.51. The number of amides is 1. The van der Waals surface area contributed by atoms with Crippen LogP contribution in [0.3, 0.4) is 0 Å². The van der Waals surface area contributed by atoms with Gasteiger partial charge in [-0.15, -0.1) is 0 Å². The minimum atomic E-state index is -3.07. The Morgan fingerprint density at radius 2 is 1.95 bits per heavy atom. The molecule has 0 aromatic rings. The molecular weight excluding hydrogens is 266 g/mol. The van der Waals surface area contributed by atoms with Gasteiger partial charge in [0.15, 0.2) is 0 Å². The molecule has 0 aromatic carbocycles. The average molecular weight is 287 g/mol. The third-order valence-electron chi connectivity index (χ3n) is 4.77. The molecule has 6 nitrogen and oxygen atoms in total. The molecule has 3 aliphatic rings. The van der Waals surface area contributed by atoms with E-state index < -0.39 is 10.0 Å². The highest BCUT2D eigenvalue weighted by molar-refractivity contribution is 7.90. The predicted octanol–water partition coefficient (Wildman–Crippen LogP) is -0.771. The molecule has 3 rings (SSSR count). The maximum atomic E-state index is 12.2. The average Bonchev–Trinajstić information content (AvgIpc) is 3.08. The van der Waals surface area contributed by atoms with Crippen molar-refractivity contribution in [1.29, 1.82) is 0 Å². The lowest BCUT2D eigenvalue weighted by Crippen LogP contribution is -2.45. The normalized spacial score (nSPS) is 36.4. The third-order valence-corrected chi connectivity index (χ3v) is 7.10. The van der Waals surface area contributed by atoms with Crippen LogP contribution in [0.5, 0.6) is 0 Å². The molecule has 2 heterocycles. The number of hydrogen-bond donors (Lipinski definition) is 1. The fraction of sp³-hybridized carbons (Fsp3) is 0.917. The molecular formula is C12H21N3O3S. The highest BCUT2D eigenvalue weighted by Crippen LogP contribution is 2.39. The highest BCUT2D eigenvalue weighted by atomic mass is 32.2. The van der Waals surface area contributed by atoms with Gasteiger partial charge in [-0.3, -0.25) is 9.69 Å². The summed E-state index contributed by atoms with van der Waals surface area (Å²) in [5.41, 5.74) is 0. The molecule has 2 aliphatic heterocycles. The van der Waals surface area contributed by atoms with E-state index in [1.54, 1.807) is 11.4 Å². The number of fused-ring (bicyclic) bond motifs is 1. The van der Waals surface area contributed by atoms with E-state index in [-0.39, 0.29) is 23.2 Å². The molecule has 108 valence electrons. The number of carbonyl (C=O) groups is 1. The van der Waals surface area contributed by atoms with Crippen molar-refractivity contribution in [2.75, 3.05) is 27.2 Å². The van der Waals surface area contributed by atoms with Crippen molar-refractivity contribution in [3.8, 4) is 0 Å². The van der Waals surface area contributed by atoms with E-state index in [0.717, 1.165) is 19.3 Å². The molecule has 0 radical (unpaired) electrons. The zero-order chi connectivity index (χ0) is 13.8. The Morgan fingerprint density at radius 1 is 1.26 bits per heavy atom. The van der Waals surface area contributed by atoms with Crippen LogP contribution in [0.2, 0.25) is 0 Å². The first-order chi connectivity index (χ1) is 8.95. The minimum Gasteiger partial charge on any atom is -0.358 e. The molecule has 2 saturated heterocycles. The second kappa shape index (κ2) is 4.43. The largest absolute Gasteiger partial charge is 0.358 e. The molecule has 1 N–H and O–H groups in total. The molecule has 3 fully saturated rings. The fourth-order valence-corrected chi connectivity index (χ4v) is 5.35. The van der Waals surface area contributed by atoms with Crippen LogP contribution in [0, 0.1) is 5.92 Å². The summed E-state index contributed by atoms with van der Waals surface area (Å²) in [4.78, 5) is 13.8. The molecule has 3 atom stereocenters. The summed E-state index contributed by atoms with van der Waals surface area (Å²) in [6.45, 7) is 1.13. The van der Waals surface area contributed by atoms with Crippen molar-refractivity contribution in [1.82, 2.24) is 14.5 Å². The Morgan fingerprint density at radius 3 is 2.47 bits per heavy atom. The van der Waals surface area contributed by atoms with Crippen LogP contribution < -0.4 is 5.32 Å². The fourth-order valence-electron chi connectivity index (χ4n) is 3.44. The van der Waals surface area contributed by atoms with Crippen LogP contribution in [-0.4, -0.2) is 68.0 Å². The number of nitrogens with one attached hydrogen (secondary N) is 1. The summed E-state index contributed by atoms with van der Waals surface area (Å²) >= 11 is 0. The quantitative estimate of drug-likeness (QED) is 0.740. The van der Waals surface area contributed by atoms with Gasteiger partial charge in [0, 0.05) is 26.2 Å². The van der Waals surface area contributed by atoms with Gasteiger partial charge in [-0.05, 0) is 32.2 Å². The minimum absolute atomic E-state index is 0.0356. The Balaban J connectivity index is 1.71. The predicted molar refractivity (Wildman–Crippen MR) is 71.0 cm³/mol. The van der Waals surface area contributed by atoms with Gasteiger partial charge in [-0.25, -0.2) is 8.42 Å². The zero-order valence-corrected chi connectivity index (χ0v) is 12.2. The van der Waals surface area contributed by atoms with Crippen molar-refractivity contribution in [3.63, 3.8) is 0 Å². The van der Waals surface area contributed by atoms with E-state index in [1.807, 2.05) is 11.9 Å². The van der Waals surface area contributed by atoms with Crippen LogP contribution in [0.15, 0.2) is 0 Å². The van der Waals surface area contributed by atoms with E-state index in [9.17, 15) is 13.2 Å². The monoisotopic (exact) mass is 287 g/mol. The molecule has 0 aromatic heterocycles. The van der Waals surface area contributed by atoms with E-state index in [2.05, 4.69) is 5.32 Å². The van der Waals surface area contributed by atoms with Crippen LogP contribution in [0.25, 0.3) is 0 Å². The second-order valence-corrected chi connectivity index (χ2v) is 8.13. The van der Waals surface area contributed by atoms with Gasteiger partial charge in [0.05, 0.1) is 11.3 Å². The molecule has 1 saturated carbocycles. The molecule has 19 heavy (non-hydrogen) atoms. The smallest absolute Gasteiger partial charge is 0.237 e. The summed E-state index contributed by atoms with van der Waals surface area (Å²) < 4.78 is 26.1. The number of likely N-dealkylation sites (tertiary alicyclic amines) is 1. The van der Waals surface area contributed by atoms with Gasteiger partial charge in [0.2, 0.25) is 15.9 Å². The van der Waals surface area contributed by atoms with E-state index in [1.165, 1.54) is 0 Å². The van der Waals surface area contributed by atoms with Crippen molar-refractivity contribution in [2.45, 2.75) is 36.6 Å². The molecule has 7 heteroatoms. The lowest BCUT2D eigenvalue weighted by molar-refractivity contribution is -0.125. The number of hydrogen-bond acceptors (Lipinski definition) is 4. The molecule has 0 unspecified atom stereocenters. The number of sulfonamides is 1. The molecule has 1 aliphatic carbocycles. The maximum Gasteiger partial charge on any atom is 0.237 e. The van der Waals surface area contributed by atoms with Gasteiger partial charge in [-0.2, -0.15) is 4.31 Å². The van der Waals surface area contributed by atoms with E-state index in [0.29, 0.717) is 19.0 Å². The van der Waals surface area contributed by atoms with Crippen LogP contribution >= 0.6 is 0 Å². The second-order valence-electron chi connectivity index (χ2n) is 5.92. The summed E-state index contributed by atoms with van der Waals surface area (Å²) in [6.07, 6.45) is 2.38. The van der Waals surface area contributed by atoms with Crippen LogP contribution in [0.1, 0.15) is 19.3 Å².